The van der Waals surface area contributed by atoms with Gasteiger partial charge in [-0.15, -0.1) is 0 Å². The Kier molecular flexibility index (Phi) is 7.53. The SMILES string of the molecule is CC(=O)NC(C(=O)N1CCCCC1)C(C)OC(C)C1CCCCC1. The van der Waals surface area contributed by atoms with Crippen LogP contribution in [0, 0.1) is 5.92 Å². The summed E-state index contributed by atoms with van der Waals surface area (Å²) >= 11 is 0. The molecule has 5 heteroatoms. The molecule has 2 amide bonds. The monoisotopic (exact) mass is 338 g/mol. The molecule has 1 saturated heterocycles. The predicted octanol–water partition coefficient (Wildman–Crippen LogP) is 2.88. The van der Waals surface area contributed by atoms with E-state index in [4.69, 9.17) is 4.74 Å². The zero-order valence-electron chi connectivity index (χ0n) is 15.6. The lowest BCUT2D eigenvalue weighted by atomic mass is 9.86. The van der Waals surface area contributed by atoms with Gasteiger partial charge in [0, 0.05) is 20.0 Å². The third-order valence-electron chi connectivity index (χ3n) is 5.50. The van der Waals surface area contributed by atoms with Gasteiger partial charge in [-0.2, -0.15) is 0 Å². The second kappa shape index (κ2) is 9.40. The van der Waals surface area contributed by atoms with Crippen LogP contribution in [0.1, 0.15) is 72.1 Å². The van der Waals surface area contributed by atoms with Crippen molar-refractivity contribution in [1.29, 1.82) is 0 Å². The summed E-state index contributed by atoms with van der Waals surface area (Å²) < 4.78 is 6.20. The molecule has 1 N–H and O–H groups in total. The van der Waals surface area contributed by atoms with Crippen LogP contribution in [0.2, 0.25) is 0 Å². The summed E-state index contributed by atoms with van der Waals surface area (Å²) in [5.41, 5.74) is 0. The highest BCUT2D eigenvalue weighted by Gasteiger charge is 2.33. The van der Waals surface area contributed by atoms with Crippen LogP contribution in [0.15, 0.2) is 0 Å². The topological polar surface area (TPSA) is 58.6 Å². The summed E-state index contributed by atoms with van der Waals surface area (Å²) in [5, 5.41) is 2.83. The molecule has 2 aliphatic rings. The van der Waals surface area contributed by atoms with E-state index >= 15 is 0 Å². The number of carbonyl (C=O) groups is 2. The summed E-state index contributed by atoms with van der Waals surface area (Å²) in [4.78, 5) is 26.3. The molecule has 3 atom stereocenters. The fourth-order valence-electron chi connectivity index (χ4n) is 4.04. The first-order chi connectivity index (χ1) is 11.5. The number of nitrogens with one attached hydrogen (secondary N) is 1. The molecular weight excluding hydrogens is 304 g/mol. The highest BCUT2D eigenvalue weighted by molar-refractivity contribution is 5.87. The average molecular weight is 338 g/mol. The van der Waals surface area contributed by atoms with Gasteiger partial charge >= 0.3 is 0 Å². The molecule has 3 unspecified atom stereocenters. The number of hydrogen-bond donors (Lipinski definition) is 1. The maximum Gasteiger partial charge on any atom is 0.247 e. The number of carbonyl (C=O) groups excluding carboxylic acids is 2. The maximum atomic E-state index is 12.9. The number of rotatable bonds is 6. The van der Waals surface area contributed by atoms with E-state index in [2.05, 4.69) is 12.2 Å². The zero-order chi connectivity index (χ0) is 17.5. The zero-order valence-corrected chi connectivity index (χ0v) is 15.6. The van der Waals surface area contributed by atoms with Gasteiger partial charge in [0.15, 0.2) is 0 Å². The van der Waals surface area contributed by atoms with Gasteiger partial charge in [0.05, 0.1) is 12.2 Å². The third-order valence-corrected chi connectivity index (χ3v) is 5.50. The Morgan fingerprint density at radius 1 is 1.00 bits per heavy atom. The highest BCUT2D eigenvalue weighted by atomic mass is 16.5. The van der Waals surface area contributed by atoms with Gasteiger partial charge in [-0.05, 0) is 51.9 Å². The van der Waals surface area contributed by atoms with Crippen molar-refractivity contribution in [2.75, 3.05) is 13.1 Å². The lowest BCUT2D eigenvalue weighted by molar-refractivity contribution is -0.143. The van der Waals surface area contributed by atoms with E-state index in [1.54, 1.807) is 0 Å². The molecule has 138 valence electrons. The van der Waals surface area contributed by atoms with Crippen LogP contribution in [-0.4, -0.2) is 48.1 Å². The first kappa shape index (κ1) is 19.2. The lowest BCUT2D eigenvalue weighted by Crippen LogP contribution is -2.55. The Bertz CT molecular complexity index is 415. The Morgan fingerprint density at radius 2 is 1.58 bits per heavy atom. The van der Waals surface area contributed by atoms with E-state index in [1.165, 1.54) is 45.4 Å². The van der Waals surface area contributed by atoms with E-state index < -0.39 is 6.04 Å². The molecule has 0 radical (unpaired) electrons. The molecule has 5 nitrogen and oxygen atoms in total. The predicted molar refractivity (Wildman–Crippen MR) is 94.6 cm³/mol. The number of piperidine rings is 1. The first-order valence-electron chi connectivity index (χ1n) is 9.70. The Balaban J connectivity index is 1.96. The van der Waals surface area contributed by atoms with Crippen molar-refractivity contribution in [2.45, 2.75) is 90.4 Å². The summed E-state index contributed by atoms with van der Waals surface area (Å²) in [7, 11) is 0. The fourth-order valence-corrected chi connectivity index (χ4v) is 4.04. The summed E-state index contributed by atoms with van der Waals surface area (Å²) in [5.74, 6) is 0.406. The Labute approximate surface area is 146 Å². The number of ether oxygens (including phenoxy) is 1. The van der Waals surface area contributed by atoms with Gasteiger partial charge < -0.3 is 15.0 Å². The molecular formula is C19H34N2O3. The summed E-state index contributed by atoms with van der Waals surface area (Å²) in [6, 6.07) is -0.577. The highest BCUT2D eigenvalue weighted by Crippen LogP contribution is 2.28. The van der Waals surface area contributed by atoms with Crippen LogP contribution in [0.4, 0.5) is 0 Å². The number of nitrogens with zero attached hydrogens (tertiary/aromatic N) is 1. The van der Waals surface area contributed by atoms with Crippen LogP contribution >= 0.6 is 0 Å². The van der Waals surface area contributed by atoms with Gasteiger partial charge in [-0.1, -0.05) is 19.3 Å². The first-order valence-corrected chi connectivity index (χ1v) is 9.70. The van der Waals surface area contributed by atoms with E-state index in [0.29, 0.717) is 5.92 Å². The standard InChI is InChI=1S/C19H34N2O3/c1-14(17-10-6-4-7-11-17)24-15(2)18(20-16(3)22)19(23)21-12-8-5-9-13-21/h14-15,17-18H,4-13H2,1-3H3,(H,20,22). The van der Waals surface area contributed by atoms with Crippen molar-refractivity contribution in [1.82, 2.24) is 10.2 Å². The molecule has 0 aromatic rings. The van der Waals surface area contributed by atoms with Crippen LogP contribution in [0.5, 0.6) is 0 Å². The average Bonchev–Trinajstić information content (AvgIpc) is 2.60. The minimum absolute atomic E-state index is 0.00763. The van der Waals surface area contributed by atoms with Gasteiger partial charge in [0.25, 0.3) is 0 Å². The molecule has 2 rings (SSSR count). The van der Waals surface area contributed by atoms with Crippen molar-refractivity contribution >= 4 is 11.8 Å². The normalized spacial score (nSPS) is 23.4. The van der Waals surface area contributed by atoms with Crippen molar-refractivity contribution in [3.05, 3.63) is 0 Å². The second-order valence-corrected chi connectivity index (χ2v) is 7.51. The quantitative estimate of drug-likeness (QED) is 0.810. The number of amides is 2. The molecule has 0 aromatic carbocycles. The van der Waals surface area contributed by atoms with Gasteiger partial charge in [0.1, 0.15) is 6.04 Å². The summed E-state index contributed by atoms with van der Waals surface area (Å²) in [6.45, 7) is 7.08. The van der Waals surface area contributed by atoms with Crippen molar-refractivity contribution in [3.8, 4) is 0 Å². The van der Waals surface area contributed by atoms with Crippen LogP contribution in [-0.2, 0) is 14.3 Å². The molecule has 2 fully saturated rings. The van der Waals surface area contributed by atoms with E-state index in [9.17, 15) is 9.59 Å². The Morgan fingerprint density at radius 3 is 2.17 bits per heavy atom. The van der Waals surface area contributed by atoms with Gasteiger partial charge in [-0.25, -0.2) is 0 Å². The van der Waals surface area contributed by atoms with Crippen LogP contribution < -0.4 is 5.32 Å². The molecule has 24 heavy (non-hydrogen) atoms. The van der Waals surface area contributed by atoms with Gasteiger partial charge in [0.2, 0.25) is 11.8 Å². The molecule has 1 heterocycles. The Hall–Kier alpha value is -1.10. The minimum atomic E-state index is -0.577. The van der Waals surface area contributed by atoms with Crippen molar-refractivity contribution in [2.24, 2.45) is 5.92 Å². The van der Waals surface area contributed by atoms with Crippen LogP contribution in [0.25, 0.3) is 0 Å². The van der Waals surface area contributed by atoms with Gasteiger partial charge in [-0.3, -0.25) is 9.59 Å². The minimum Gasteiger partial charge on any atom is -0.373 e. The molecule has 1 saturated carbocycles. The second-order valence-electron chi connectivity index (χ2n) is 7.51. The van der Waals surface area contributed by atoms with E-state index in [0.717, 1.165) is 25.9 Å². The smallest absolute Gasteiger partial charge is 0.247 e. The maximum absolute atomic E-state index is 12.9. The van der Waals surface area contributed by atoms with E-state index in [1.807, 2.05) is 11.8 Å². The van der Waals surface area contributed by atoms with Crippen molar-refractivity contribution < 1.29 is 14.3 Å². The number of likely N-dealkylation sites (tertiary alicyclic amines) is 1. The summed E-state index contributed by atoms with van der Waals surface area (Å²) in [6.07, 6.45) is 9.38. The van der Waals surface area contributed by atoms with Crippen molar-refractivity contribution in [3.63, 3.8) is 0 Å². The molecule has 0 bridgehead atoms. The van der Waals surface area contributed by atoms with Crippen LogP contribution in [0.3, 0.4) is 0 Å². The number of hydrogen-bond acceptors (Lipinski definition) is 3. The third kappa shape index (κ3) is 5.47. The lowest BCUT2D eigenvalue weighted by Gasteiger charge is -2.35. The molecule has 0 spiro atoms. The molecule has 1 aliphatic heterocycles. The molecule has 0 aromatic heterocycles. The fraction of sp³-hybridized carbons (Fsp3) is 0.895. The molecule has 1 aliphatic carbocycles. The van der Waals surface area contributed by atoms with E-state index in [-0.39, 0.29) is 24.0 Å². The largest absolute Gasteiger partial charge is 0.373 e.